The molecule has 1 amide bonds. The fourth-order valence-electron chi connectivity index (χ4n) is 6.67. The third-order valence-electron chi connectivity index (χ3n) is 9.61. The van der Waals surface area contributed by atoms with Crippen LogP contribution >= 0.6 is 11.6 Å². The predicted molar refractivity (Wildman–Crippen MR) is 209 cm³/mol. The second kappa shape index (κ2) is 18.2. The van der Waals surface area contributed by atoms with E-state index in [-0.39, 0.29) is 0 Å². The van der Waals surface area contributed by atoms with Crippen molar-refractivity contribution in [3.8, 4) is 34.0 Å². The number of aliphatic hydroxyl groups is 1. The summed E-state index contributed by atoms with van der Waals surface area (Å²) >= 11 is 5.89. The number of nitrogens with one attached hydrogen (secondary N) is 1. The number of ether oxygens (including phenoxy) is 2. The molecule has 2 aliphatic heterocycles. The zero-order valence-electron chi connectivity index (χ0n) is 30.5. The standard InChI is InChI=1S/C24H27ClN4O3.C16H22N4O/c1-28-21(10-11-26-28)20-16-19(8-9-22(20)32-15-14-29-12-2-3-13-29)27-24(31)23(30)17-4-6-18(25)7-5-17;1-19-15(6-7-18-19)14-12-13(17)4-5-16(14)21-11-10-20-8-2-3-9-20/h4-11,16,23,30H,2-3,12-15H2,1H3,(H,27,31);4-7,12H,2-3,8-11,17H2,1H3. The molecular weight excluding hydrogens is 692 g/mol. The maximum Gasteiger partial charge on any atom is 0.257 e. The third-order valence-corrected chi connectivity index (χ3v) is 9.86. The van der Waals surface area contributed by atoms with Crippen LogP contribution in [0.3, 0.4) is 0 Å². The first-order valence-electron chi connectivity index (χ1n) is 18.2. The van der Waals surface area contributed by atoms with Crippen molar-refractivity contribution in [2.75, 3.05) is 63.5 Å². The van der Waals surface area contributed by atoms with E-state index in [9.17, 15) is 9.90 Å². The fourth-order valence-corrected chi connectivity index (χ4v) is 6.80. The van der Waals surface area contributed by atoms with Crippen molar-refractivity contribution >= 4 is 28.9 Å². The summed E-state index contributed by atoms with van der Waals surface area (Å²) in [5, 5.41) is 22.2. The molecular formula is C40H49ClN8O4. The Balaban J connectivity index is 0.000000198. The number of nitrogens with two attached hydrogens (primary N) is 1. The first-order chi connectivity index (χ1) is 25.7. The minimum atomic E-state index is -1.30. The van der Waals surface area contributed by atoms with Crippen LogP contribution in [0, 0.1) is 0 Å². The van der Waals surface area contributed by atoms with Crippen LogP contribution in [0.15, 0.2) is 85.2 Å². The maximum atomic E-state index is 12.6. The summed E-state index contributed by atoms with van der Waals surface area (Å²) in [7, 11) is 3.78. The average molecular weight is 741 g/mol. The quantitative estimate of drug-likeness (QED) is 0.124. The number of hydrogen-bond donors (Lipinski definition) is 3. The summed E-state index contributed by atoms with van der Waals surface area (Å²) in [6, 6.07) is 21.6. The molecule has 5 aromatic rings. The molecule has 53 heavy (non-hydrogen) atoms. The predicted octanol–water partition coefficient (Wildman–Crippen LogP) is 6.03. The number of carbonyl (C=O) groups excluding carboxylic acids is 1. The Hall–Kier alpha value is -4.88. The van der Waals surface area contributed by atoms with Gasteiger partial charge >= 0.3 is 0 Å². The van der Waals surface area contributed by atoms with Crippen LogP contribution in [0.5, 0.6) is 11.5 Å². The van der Waals surface area contributed by atoms with Gasteiger partial charge in [-0.3, -0.25) is 24.0 Å². The highest BCUT2D eigenvalue weighted by molar-refractivity contribution is 6.30. The minimum absolute atomic E-state index is 0.473. The summed E-state index contributed by atoms with van der Waals surface area (Å²) in [6.07, 6.45) is 7.31. The molecule has 13 heteroatoms. The number of anilines is 2. The number of halogens is 1. The van der Waals surface area contributed by atoms with Crippen LogP contribution in [-0.4, -0.2) is 92.9 Å². The van der Waals surface area contributed by atoms with Gasteiger partial charge in [0.15, 0.2) is 6.10 Å². The van der Waals surface area contributed by atoms with Crippen molar-refractivity contribution in [1.29, 1.82) is 0 Å². The van der Waals surface area contributed by atoms with E-state index in [4.69, 9.17) is 26.8 Å². The molecule has 12 nitrogen and oxygen atoms in total. The average Bonchev–Trinajstić information content (AvgIpc) is 4.00. The van der Waals surface area contributed by atoms with Crippen LogP contribution in [0.1, 0.15) is 37.4 Å². The lowest BCUT2D eigenvalue weighted by molar-refractivity contribution is -0.124. The zero-order chi connectivity index (χ0) is 37.2. The first-order valence-corrected chi connectivity index (χ1v) is 18.6. The van der Waals surface area contributed by atoms with E-state index in [0.29, 0.717) is 29.5 Å². The molecule has 2 aliphatic rings. The third kappa shape index (κ3) is 10.2. The molecule has 7 rings (SSSR count). The van der Waals surface area contributed by atoms with E-state index in [1.807, 2.05) is 61.2 Å². The van der Waals surface area contributed by atoms with Crippen molar-refractivity contribution in [2.24, 2.45) is 14.1 Å². The molecule has 0 bridgehead atoms. The van der Waals surface area contributed by atoms with Gasteiger partial charge in [0.2, 0.25) is 0 Å². The molecule has 0 spiro atoms. The minimum Gasteiger partial charge on any atom is -0.492 e. The van der Waals surface area contributed by atoms with Gasteiger partial charge in [-0.25, -0.2) is 0 Å². The Labute approximate surface area is 316 Å². The molecule has 280 valence electrons. The summed E-state index contributed by atoms with van der Waals surface area (Å²) < 4.78 is 15.7. The molecule has 4 N–H and O–H groups in total. The van der Waals surface area contributed by atoms with E-state index in [1.165, 1.54) is 38.8 Å². The molecule has 2 fully saturated rings. The van der Waals surface area contributed by atoms with Gasteiger partial charge in [0, 0.05) is 67.1 Å². The summed E-state index contributed by atoms with van der Waals surface area (Å²) in [5.74, 6) is 1.07. The number of nitrogens with zero attached hydrogens (tertiary/aromatic N) is 6. The molecule has 2 aromatic heterocycles. The second-order valence-electron chi connectivity index (χ2n) is 13.4. The van der Waals surface area contributed by atoms with Crippen molar-refractivity contribution < 1.29 is 19.4 Å². The van der Waals surface area contributed by atoms with Gasteiger partial charge in [0.05, 0.1) is 11.4 Å². The van der Waals surface area contributed by atoms with Crippen LogP contribution in [0.4, 0.5) is 11.4 Å². The number of nitrogen functional groups attached to an aromatic ring is 1. The van der Waals surface area contributed by atoms with Gasteiger partial charge in [-0.2, -0.15) is 10.2 Å². The van der Waals surface area contributed by atoms with E-state index in [1.54, 1.807) is 47.4 Å². The Bertz CT molecular complexity index is 1930. The smallest absolute Gasteiger partial charge is 0.257 e. The molecule has 0 radical (unpaired) electrons. The van der Waals surface area contributed by atoms with Gasteiger partial charge in [-0.15, -0.1) is 0 Å². The SMILES string of the molecule is Cn1nccc1-c1cc(N)ccc1OCCN1CCCC1.Cn1nccc1-c1cc(NC(=O)C(O)c2ccc(Cl)cc2)ccc1OCCN1CCCC1. The van der Waals surface area contributed by atoms with Crippen LogP contribution in [0.25, 0.3) is 22.5 Å². The molecule has 0 aliphatic carbocycles. The van der Waals surface area contributed by atoms with Gasteiger partial charge in [0.1, 0.15) is 24.7 Å². The number of aromatic nitrogens is 4. The monoisotopic (exact) mass is 740 g/mol. The highest BCUT2D eigenvalue weighted by Gasteiger charge is 2.20. The highest BCUT2D eigenvalue weighted by Crippen LogP contribution is 2.34. The lowest BCUT2D eigenvalue weighted by Gasteiger charge is -2.18. The largest absolute Gasteiger partial charge is 0.492 e. The Morgan fingerprint density at radius 1 is 0.774 bits per heavy atom. The molecule has 1 unspecified atom stereocenters. The van der Waals surface area contributed by atoms with Gasteiger partial charge in [-0.1, -0.05) is 23.7 Å². The molecule has 1 atom stereocenters. The van der Waals surface area contributed by atoms with Crippen LogP contribution < -0.4 is 20.5 Å². The van der Waals surface area contributed by atoms with E-state index in [2.05, 4.69) is 25.3 Å². The number of benzene rings is 3. The van der Waals surface area contributed by atoms with E-state index >= 15 is 0 Å². The molecule has 3 aromatic carbocycles. The summed E-state index contributed by atoms with van der Waals surface area (Å²) in [6.45, 7) is 7.80. The number of aliphatic hydroxyl groups excluding tert-OH is 1. The van der Waals surface area contributed by atoms with Crippen LogP contribution in [0.2, 0.25) is 5.02 Å². The number of amides is 1. The van der Waals surface area contributed by atoms with Crippen molar-refractivity contribution in [3.63, 3.8) is 0 Å². The Kier molecular flexibility index (Phi) is 13.0. The molecule has 2 saturated heterocycles. The van der Waals surface area contributed by atoms with Gasteiger partial charge in [0.25, 0.3) is 5.91 Å². The highest BCUT2D eigenvalue weighted by atomic mass is 35.5. The molecule has 4 heterocycles. The maximum absolute atomic E-state index is 12.6. The summed E-state index contributed by atoms with van der Waals surface area (Å²) in [4.78, 5) is 17.5. The topological polar surface area (TPSA) is 136 Å². The zero-order valence-corrected chi connectivity index (χ0v) is 31.2. The Morgan fingerprint density at radius 2 is 1.28 bits per heavy atom. The lowest BCUT2D eigenvalue weighted by atomic mass is 10.1. The van der Waals surface area contributed by atoms with E-state index in [0.717, 1.165) is 65.9 Å². The van der Waals surface area contributed by atoms with Crippen molar-refractivity contribution in [3.05, 3.63) is 95.8 Å². The van der Waals surface area contributed by atoms with Gasteiger partial charge in [-0.05, 0) is 118 Å². The fraction of sp³-hybridized carbons (Fsp3) is 0.375. The van der Waals surface area contributed by atoms with Crippen molar-refractivity contribution in [2.45, 2.75) is 31.8 Å². The number of hydrogen-bond acceptors (Lipinski definition) is 9. The molecule has 0 saturated carbocycles. The lowest BCUT2D eigenvalue weighted by Crippen LogP contribution is -2.25. The van der Waals surface area contributed by atoms with Crippen molar-refractivity contribution in [1.82, 2.24) is 29.4 Å². The summed E-state index contributed by atoms with van der Waals surface area (Å²) in [5.41, 5.74) is 11.4. The number of aryl methyl sites for hydroxylation is 2. The normalized spacial score (nSPS) is 15.2. The first kappa shape index (κ1) is 37.9. The second-order valence-corrected chi connectivity index (χ2v) is 13.8. The number of carbonyl (C=O) groups is 1. The van der Waals surface area contributed by atoms with E-state index < -0.39 is 12.0 Å². The number of rotatable bonds is 13. The Morgan fingerprint density at radius 3 is 1.79 bits per heavy atom. The van der Waals surface area contributed by atoms with Crippen LogP contribution in [-0.2, 0) is 18.9 Å². The number of likely N-dealkylation sites (tertiary alicyclic amines) is 2. The van der Waals surface area contributed by atoms with Gasteiger partial charge < -0.3 is 25.6 Å².